The number of hydrogen-bond donors (Lipinski definition) is 1. The van der Waals surface area contributed by atoms with Crippen molar-refractivity contribution >= 4 is 0 Å². The van der Waals surface area contributed by atoms with Crippen LogP contribution in [0.1, 0.15) is 46.5 Å². The summed E-state index contributed by atoms with van der Waals surface area (Å²) in [5.41, 5.74) is 0. The van der Waals surface area contributed by atoms with Crippen molar-refractivity contribution in [1.82, 2.24) is 5.32 Å². The Morgan fingerprint density at radius 1 is 1.33 bits per heavy atom. The molecule has 0 aromatic heterocycles. The molecular formula is C13H27NO. The Bertz CT molecular complexity index is 168. The summed E-state index contributed by atoms with van der Waals surface area (Å²) in [5.74, 6) is 1.59. The summed E-state index contributed by atoms with van der Waals surface area (Å²) in [7, 11) is 2.10. The number of nitrogens with one attached hydrogen (secondary N) is 1. The summed E-state index contributed by atoms with van der Waals surface area (Å²) in [4.78, 5) is 0. The summed E-state index contributed by atoms with van der Waals surface area (Å²) >= 11 is 0. The molecule has 0 radical (unpaired) electrons. The molecule has 0 aliphatic carbocycles. The molecule has 1 N–H and O–H groups in total. The second-order valence-corrected chi connectivity index (χ2v) is 4.84. The van der Waals surface area contributed by atoms with Gasteiger partial charge in [-0.25, -0.2) is 0 Å². The largest absolute Gasteiger partial charge is 0.378 e. The smallest absolute Gasteiger partial charge is 0.0590 e. The van der Waals surface area contributed by atoms with Crippen molar-refractivity contribution in [2.75, 3.05) is 13.7 Å². The van der Waals surface area contributed by atoms with Gasteiger partial charge in [-0.05, 0) is 32.7 Å². The van der Waals surface area contributed by atoms with E-state index in [1.807, 2.05) is 0 Å². The Morgan fingerprint density at radius 3 is 2.40 bits per heavy atom. The first kappa shape index (κ1) is 13.0. The third-order valence-electron chi connectivity index (χ3n) is 4.06. The van der Waals surface area contributed by atoms with Gasteiger partial charge in [0.05, 0.1) is 6.10 Å². The van der Waals surface area contributed by atoms with E-state index in [4.69, 9.17) is 4.74 Å². The van der Waals surface area contributed by atoms with Gasteiger partial charge >= 0.3 is 0 Å². The molecule has 1 heterocycles. The molecule has 1 saturated heterocycles. The monoisotopic (exact) mass is 213 g/mol. The molecule has 0 aromatic rings. The molecule has 90 valence electrons. The maximum Gasteiger partial charge on any atom is 0.0590 e. The number of ether oxygens (including phenoxy) is 1. The van der Waals surface area contributed by atoms with Gasteiger partial charge in [0.2, 0.25) is 0 Å². The first-order valence-corrected chi connectivity index (χ1v) is 6.51. The van der Waals surface area contributed by atoms with Crippen molar-refractivity contribution in [3.63, 3.8) is 0 Å². The first-order valence-electron chi connectivity index (χ1n) is 6.51. The summed E-state index contributed by atoms with van der Waals surface area (Å²) < 4.78 is 5.66. The minimum absolute atomic E-state index is 0.441. The highest BCUT2D eigenvalue weighted by Crippen LogP contribution is 2.28. The molecule has 15 heavy (non-hydrogen) atoms. The second-order valence-electron chi connectivity index (χ2n) is 4.84. The molecule has 0 saturated carbocycles. The van der Waals surface area contributed by atoms with E-state index in [1.165, 1.54) is 25.7 Å². The molecular weight excluding hydrogens is 186 g/mol. The predicted molar refractivity (Wildman–Crippen MR) is 65.1 cm³/mol. The highest BCUT2D eigenvalue weighted by atomic mass is 16.5. The fourth-order valence-corrected chi connectivity index (χ4v) is 2.76. The average Bonchev–Trinajstić information content (AvgIpc) is 2.67. The Kier molecular flexibility index (Phi) is 5.62. The summed E-state index contributed by atoms with van der Waals surface area (Å²) in [6.45, 7) is 7.77. The summed E-state index contributed by atoms with van der Waals surface area (Å²) in [5, 5.41) is 3.49. The van der Waals surface area contributed by atoms with Crippen molar-refractivity contribution in [3.8, 4) is 0 Å². The molecule has 3 unspecified atom stereocenters. The van der Waals surface area contributed by atoms with Crippen molar-refractivity contribution in [3.05, 3.63) is 0 Å². The normalized spacial score (nSPS) is 28.6. The van der Waals surface area contributed by atoms with Gasteiger partial charge in [-0.3, -0.25) is 0 Å². The van der Waals surface area contributed by atoms with Crippen molar-refractivity contribution in [2.45, 2.75) is 58.6 Å². The Balaban J connectivity index is 2.47. The van der Waals surface area contributed by atoms with Crippen LogP contribution in [-0.2, 0) is 4.74 Å². The van der Waals surface area contributed by atoms with Crippen LogP contribution in [0.25, 0.3) is 0 Å². The van der Waals surface area contributed by atoms with Crippen LogP contribution >= 0.6 is 0 Å². The molecule has 1 fully saturated rings. The average molecular weight is 213 g/mol. The number of rotatable bonds is 6. The molecule has 0 aromatic carbocycles. The molecule has 2 nitrogen and oxygen atoms in total. The Labute approximate surface area is 94.8 Å². The molecule has 0 amide bonds. The quantitative estimate of drug-likeness (QED) is 0.732. The van der Waals surface area contributed by atoms with Crippen LogP contribution < -0.4 is 5.32 Å². The van der Waals surface area contributed by atoms with Crippen LogP contribution in [0.4, 0.5) is 0 Å². The zero-order valence-corrected chi connectivity index (χ0v) is 10.8. The van der Waals surface area contributed by atoms with Gasteiger partial charge < -0.3 is 10.1 Å². The van der Waals surface area contributed by atoms with E-state index < -0.39 is 0 Å². The van der Waals surface area contributed by atoms with Gasteiger partial charge in [-0.1, -0.05) is 26.7 Å². The van der Waals surface area contributed by atoms with Crippen molar-refractivity contribution in [1.29, 1.82) is 0 Å². The van der Waals surface area contributed by atoms with Crippen LogP contribution in [-0.4, -0.2) is 25.8 Å². The SMILES string of the molecule is CCC(CC)CC(NC)C1CCOC1C. The van der Waals surface area contributed by atoms with Gasteiger partial charge in [0, 0.05) is 18.6 Å². The van der Waals surface area contributed by atoms with E-state index in [2.05, 4.69) is 33.1 Å². The summed E-state index contributed by atoms with van der Waals surface area (Å²) in [6, 6.07) is 0.646. The third-order valence-corrected chi connectivity index (χ3v) is 4.06. The highest BCUT2D eigenvalue weighted by molar-refractivity contribution is 4.84. The Hall–Kier alpha value is -0.0800. The molecule has 0 bridgehead atoms. The Morgan fingerprint density at radius 2 is 2.00 bits per heavy atom. The van der Waals surface area contributed by atoms with E-state index >= 15 is 0 Å². The first-order chi connectivity index (χ1) is 7.22. The lowest BCUT2D eigenvalue weighted by Gasteiger charge is -2.28. The van der Waals surface area contributed by atoms with E-state index in [0.717, 1.165) is 18.4 Å². The maximum atomic E-state index is 5.66. The maximum absolute atomic E-state index is 5.66. The van der Waals surface area contributed by atoms with Crippen molar-refractivity contribution < 1.29 is 4.74 Å². The summed E-state index contributed by atoms with van der Waals surface area (Å²) in [6.07, 6.45) is 5.58. The molecule has 1 aliphatic rings. The predicted octanol–water partition coefficient (Wildman–Crippen LogP) is 2.83. The topological polar surface area (TPSA) is 21.3 Å². The molecule has 0 spiro atoms. The fourth-order valence-electron chi connectivity index (χ4n) is 2.76. The van der Waals surface area contributed by atoms with Crippen LogP contribution in [0.15, 0.2) is 0 Å². The van der Waals surface area contributed by atoms with Crippen LogP contribution in [0, 0.1) is 11.8 Å². The van der Waals surface area contributed by atoms with E-state index in [0.29, 0.717) is 12.1 Å². The standard InChI is InChI=1S/C13H27NO/c1-5-11(6-2)9-13(14-4)12-7-8-15-10(12)3/h10-14H,5-9H2,1-4H3. The lowest BCUT2D eigenvalue weighted by molar-refractivity contribution is 0.0926. The van der Waals surface area contributed by atoms with Crippen LogP contribution in [0.2, 0.25) is 0 Å². The second kappa shape index (κ2) is 6.49. The van der Waals surface area contributed by atoms with Gasteiger partial charge in [0.1, 0.15) is 0 Å². The van der Waals surface area contributed by atoms with Gasteiger partial charge in [-0.2, -0.15) is 0 Å². The third kappa shape index (κ3) is 3.46. The molecule has 3 atom stereocenters. The van der Waals surface area contributed by atoms with Crippen LogP contribution in [0.5, 0.6) is 0 Å². The van der Waals surface area contributed by atoms with Gasteiger partial charge in [-0.15, -0.1) is 0 Å². The van der Waals surface area contributed by atoms with Crippen LogP contribution in [0.3, 0.4) is 0 Å². The van der Waals surface area contributed by atoms with E-state index in [-0.39, 0.29) is 0 Å². The minimum Gasteiger partial charge on any atom is -0.378 e. The number of hydrogen-bond acceptors (Lipinski definition) is 2. The fraction of sp³-hybridized carbons (Fsp3) is 1.00. The van der Waals surface area contributed by atoms with Gasteiger partial charge in [0.15, 0.2) is 0 Å². The van der Waals surface area contributed by atoms with E-state index in [9.17, 15) is 0 Å². The zero-order valence-electron chi connectivity index (χ0n) is 10.8. The van der Waals surface area contributed by atoms with Gasteiger partial charge in [0.25, 0.3) is 0 Å². The minimum atomic E-state index is 0.441. The molecule has 2 heteroatoms. The zero-order chi connectivity index (χ0) is 11.3. The van der Waals surface area contributed by atoms with Crippen molar-refractivity contribution in [2.24, 2.45) is 11.8 Å². The van der Waals surface area contributed by atoms with E-state index in [1.54, 1.807) is 0 Å². The molecule has 1 rings (SSSR count). The molecule has 1 aliphatic heterocycles. The highest BCUT2D eigenvalue weighted by Gasteiger charge is 2.31. The lowest BCUT2D eigenvalue weighted by atomic mass is 9.85. The lowest BCUT2D eigenvalue weighted by Crippen LogP contribution is -2.38.